The lowest BCUT2D eigenvalue weighted by Crippen LogP contribution is -2.35. The average molecular weight is 278 g/mol. The Kier molecular flexibility index (Phi) is 5.73. The number of amides is 1. The highest BCUT2D eigenvalue weighted by atomic mass is 32.2. The van der Waals surface area contributed by atoms with Crippen LogP contribution in [0.5, 0.6) is 0 Å². The van der Waals surface area contributed by atoms with Gasteiger partial charge < -0.3 is 10.6 Å². The SMILES string of the molecule is CCCCSc1ccc(NC(=O)C2CCCN2)cc1. The molecule has 2 N–H and O–H groups in total. The zero-order chi connectivity index (χ0) is 13.5. The van der Waals surface area contributed by atoms with Crippen LogP contribution in [0, 0.1) is 0 Å². The first-order valence-corrected chi connectivity index (χ1v) is 8.05. The summed E-state index contributed by atoms with van der Waals surface area (Å²) < 4.78 is 0. The summed E-state index contributed by atoms with van der Waals surface area (Å²) >= 11 is 1.87. The molecule has 1 aliphatic heterocycles. The molecule has 0 aromatic heterocycles. The maximum Gasteiger partial charge on any atom is 0.241 e. The fraction of sp³-hybridized carbons (Fsp3) is 0.533. The van der Waals surface area contributed by atoms with Gasteiger partial charge in [-0.2, -0.15) is 0 Å². The van der Waals surface area contributed by atoms with Crippen molar-refractivity contribution in [1.82, 2.24) is 5.32 Å². The van der Waals surface area contributed by atoms with E-state index in [1.54, 1.807) is 0 Å². The van der Waals surface area contributed by atoms with E-state index >= 15 is 0 Å². The zero-order valence-electron chi connectivity index (χ0n) is 11.4. The number of carbonyl (C=O) groups excluding carboxylic acids is 1. The van der Waals surface area contributed by atoms with Crippen molar-refractivity contribution in [3.63, 3.8) is 0 Å². The maximum atomic E-state index is 11.9. The number of hydrogen-bond donors (Lipinski definition) is 2. The summed E-state index contributed by atoms with van der Waals surface area (Å²) in [6.07, 6.45) is 4.51. The third kappa shape index (κ3) is 4.55. The number of carbonyl (C=O) groups is 1. The van der Waals surface area contributed by atoms with Gasteiger partial charge in [0.05, 0.1) is 6.04 Å². The van der Waals surface area contributed by atoms with E-state index in [1.165, 1.54) is 17.7 Å². The second-order valence-corrected chi connectivity index (χ2v) is 6.03. The number of unbranched alkanes of at least 4 members (excludes halogenated alkanes) is 1. The van der Waals surface area contributed by atoms with E-state index in [2.05, 4.69) is 29.7 Å². The molecule has 1 atom stereocenters. The van der Waals surface area contributed by atoms with E-state index < -0.39 is 0 Å². The Hall–Kier alpha value is -1.00. The van der Waals surface area contributed by atoms with Gasteiger partial charge in [0.25, 0.3) is 0 Å². The van der Waals surface area contributed by atoms with Crippen LogP contribution in [-0.2, 0) is 4.79 Å². The number of hydrogen-bond acceptors (Lipinski definition) is 3. The highest BCUT2D eigenvalue weighted by molar-refractivity contribution is 7.99. The van der Waals surface area contributed by atoms with Crippen molar-refractivity contribution in [3.05, 3.63) is 24.3 Å². The van der Waals surface area contributed by atoms with E-state index in [9.17, 15) is 4.79 Å². The van der Waals surface area contributed by atoms with Gasteiger partial charge in [-0.1, -0.05) is 13.3 Å². The summed E-state index contributed by atoms with van der Waals surface area (Å²) in [5.74, 6) is 1.25. The molecule has 1 aliphatic rings. The van der Waals surface area contributed by atoms with E-state index in [4.69, 9.17) is 0 Å². The second kappa shape index (κ2) is 7.56. The van der Waals surface area contributed by atoms with Gasteiger partial charge in [0.2, 0.25) is 5.91 Å². The molecule has 1 heterocycles. The van der Waals surface area contributed by atoms with Crippen molar-refractivity contribution in [2.45, 2.75) is 43.5 Å². The quantitative estimate of drug-likeness (QED) is 0.620. The Morgan fingerprint density at radius 3 is 2.84 bits per heavy atom. The van der Waals surface area contributed by atoms with E-state index in [0.29, 0.717) is 0 Å². The van der Waals surface area contributed by atoms with Crippen LogP contribution in [0.25, 0.3) is 0 Å². The van der Waals surface area contributed by atoms with Crippen LogP contribution in [0.1, 0.15) is 32.6 Å². The summed E-state index contributed by atoms with van der Waals surface area (Å²) in [5.41, 5.74) is 0.888. The molecule has 0 bridgehead atoms. The van der Waals surface area contributed by atoms with Crippen LogP contribution in [0.2, 0.25) is 0 Å². The fourth-order valence-corrected chi connectivity index (χ4v) is 3.10. The molecule has 19 heavy (non-hydrogen) atoms. The van der Waals surface area contributed by atoms with Crippen LogP contribution in [0.15, 0.2) is 29.2 Å². The summed E-state index contributed by atoms with van der Waals surface area (Å²) in [4.78, 5) is 13.2. The van der Waals surface area contributed by atoms with E-state index in [0.717, 1.165) is 30.8 Å². The molecular formula is C15H22N2OS. The van der Waals surface area contributed by atoms with Crippen molar-refractivity contribution in [2.24, 2.45) is 0 Å². The largest absolute Gasteiger partial charge is 0.325 e. The third-order valence-corrected chi connectivity index (χ3v) is 4.36. The Morgan fingerprint density at radius 1 is 1.42 bits per heavy atom. The summed E-state index contributed by atoms with van der Waals surface area (Å²) in [5, 5.41) is 6.17. The molecule has 3 nitrogen and oxygen atoms in total. The van der Waals surface area contributed by atoms with Gasteiger partial charge >= 0.3 is 0 Å². The molecule has 1 amide bonds. The van der Waals surface area contributed by atoms with Crippen LogP contribution in [-0.4, -0.2) is 24.2 Å². The number of anilines is 1. The van der Waals surface area contributed by atoms with Gasteiger partial charge in [-0.25, -0.2) is 0 Å². The molecule has 0 radical (unpaired) electrons. The Balaban J connectivity index is 1.82. The smallest absolute Gasteiger partial charge is 0.241 e. The van der Waals surface area contributed by atoms with Crippen molar-refractivity contribution in [3.8, 4) is 0 Å². The molecule has 1 aromatic rings. The van der Waals surface area contributed by atoms with Crippen LogP contribution >= 0.6 is 11.8 Å². The first-order valence-electron chi connectivity index (χ1n) is 7.06. The molecule has 0 spiro atoms. The Bertz CT molecular complexity index is 399. The predicted molar refractivity (Wildman–Crippen MR) is 81.7 cm³/mol. The standard InChI is InChI=1S/C15H22N2OS/c1-2-3-11-19-13-8-6-12(7-9-13)17-15(18)14-5-4-10-16-14/h6-9,14,16H,2-5,10-11H2,1H3,(H,17,18). The molecule has 2 rings (SSSR count). The minimum Gasteiger partial charge on any atom is -0.325 e. The number of thioether (sulfide) groups is 1. The molecule has 0 aliphatic carbocycles. The number of benzene rings is 1. The topological polar surface area (TPSA) is 41.1 Å². The van der Waals surface area contributed by atoms with Crippen molar-refractivity contribution >= 4 is 23.4 Å². The lowest BCUT2D eigenvalue weighted by molar-refractivity contribution is -0.117. The monoisotopic (exact) mass is 278 g/mol. The molecule has 0 saturated carbocycles. The summed E-state index contributed by atoms with van der Waals surface area (Å²) in [7, 11) is 0. The maximum absolute atomic E-state index is 11.9. The van der Waals surface area contributed by atoms with Gasteiger partial charge in [-0.3, -0.25) is 4.79 Å². The lowest BCUT2D eigenvalue weighted by Gasteiger charge is -2.11. The van der Waals surface area contributed by atoms with Gasteiger partial charge in [-0.15, -0.1) is 11.8 Å². The van der Waals surface area contributed by atoms with Crippen LogP contribution < -0.4 is 10.6 Å². The average Bonchev–Trinajstić information content (AvgIpc) is 2.95. The van der Waals surface area contributed by atoms with Crippen LogP contribution in [0.4, 0.5) is 5.69 Å². The van der Waals surface area contributed by atoms with Gasteiger partial charge in [-0.05, 0) is 55.8 Å². The Labute approximate surface area is 119 Å². The van der Waals surface area contributed by atoms with Gasteiger partial charge in [0.15, 0.2) is 0 Å². The minimum atomic E-state index is -0.0152. The molecule has 104 valence electrons. The Morgan fingerprint density at radius 2 is 2.21 bits per heavy atom. The normalized spacial score (nSPS) is 18.5. The second-order valence-electron chi connectivity index (χ2n) is 4.86. The van der Waals surface area contributed by atoms with Crippen molar-refractivity contribution < 1.29 is 4.79 Å². The molecule has 1 fully saturated rings. The molecule has 4 heteroatoms. The van der Waals surface area contributed by atoms with E-state index in [-0.39, 0.29) is 11.9 Å². The predicted octanol–water partition coefficient (Wildman–Crippen LogP) is 3.27. The van der Waals surface area contributed by atoms with Crippen LogP contribution in [0.3, 0.4) is 0 Å². The number of nitrogens with one attached hydrogen (secondary N) is 2. The summed E-state index contributed by atoms with van der Waals surface area (Å²) in [6, 6.07) is 8.12. The minimum absolute atomic E-state index is 0.0152. The van der Waals surface area contributed by atoms with Gasteiger partial charge in [0, 0.05) is 10.6 Å². The molecular weight excluding hydrogens is 256 g/mol. The first-order chi connectivity index (χ1) is 9.29. The van der Waals surface area contributed by atoms with Crippen molar-refractivity contribution in [1.29, 1.82) is 0 Å². The first kappa shape index (κ1) is 14.4. The third-order valence-electron chi connectivity index (χ3n) is 3.27. The summed E-state index contributed by atoms with van der Waals surface area (Å²) in [6.45, 7) is 3.15. The fourth-order valence-electron chi connectivity index (χ4n) is 2.11. The molecule has 1 unspecified atom stereocenters. The van der Waals surface area contributed by atoms with E-state index in [1.807, 2.05) is 23.9 Å². The lowest BCUT2D eigenvalue weighted by atomic mass is 10.2. The highest BCUT2D eigenvalue weighted by Crippen LogP contribution is 2.21. The van der Waals surface area contributed by atoms with Gasteiger partial charge in [0.1, 0.15) is 0 Å². The zero-order valence-corrected chi connectivity index (χ0v) is 12.3. The highest BCUT2D eigenvalue weighted by Gasteiger charge is 2.21. The molecule has 1 aromatic carbocycles. The number of rotatable bonds is 6. The molecule has 1 saturated heterocycles. The van der Waals surface area contributed by atoms with Crippen molar-refractivity contribution in [2.75, 3.05) is 17.6 Å².